The number of ether oxygens (including phenoxy) is 1. The van der Waals surface area contributed by atoms with Crippen molar-refractivity contribution in [3.63, 3.8) is 0 Å². The van der Waals surface area contributed by atoms with Crippen molar-refractivity contribution in [3.8, 4) is 5.75 Å². The van der Waals surface area contributed by atoms with Crippen molar-refractivity contribution >= 4 is 17.6 Å². The van der Waals surface area contributed by atoms with Gasteiger partial charge in [0, 0.05) is 30.9 Å². The zero-order chi connectivity index (χ0) is 20.9. The molecule has 0 amide bonds. The summed E-state index contributed by atoms with van der Waals surface area (Å²) in [6.07, 6.45) is 9.81. The largest absolute Gasteiger partial charge is 0.494 e. The fraction of sp³-hybridized carbons (Fsp3) is 0.591. The van der Waals surface area contributed by atoms with Gasteiger partial charge in [-0.15, -0.1) is 0 Å². The Hall–Kier alpha value is -2.48. The summed E-state index contributed by atoms with van der Waals surface area (Å²) < 4.78 is 19.1. The Balaban J connectivity index is 1.62. The standard InChI is InChI=1S/C22H31FN6O/c1-16-24-21(26-17-11-12-20(30-2)19(23)15-17)27-22(25-16)29(28-13-7-8-14-28)18-9-5-3-4-6-10-18/h11-12,15,18H,3-10,13-14H2,1-2H3,(H,24,25,26,27). The number of nitrogens with zero attached hydrogens (tertiary/aromatic N) is 5. The predicted molar refractivity (Wildman–Crippen MR) is 116 cm³/mol. The van der Waals surface area contributed by atoms with Gasteiger partial charge in [-0.3, -0.25) is 5.01 Å². The van der Waals surface area contributed by atoms with Gasteiger partial charge < -0.3 is 10.1 Å². The summed E-state index contributed by atoms with van der Waals surface area (Å²) in [5.74, 6) is 1.55. The molecule has 0 radical (unpaired) electrons. The van der Waals surface area contributed by atoms with E-state index in [2.05, 4.69) is 20.3 Å². The fourth-order valence-electron chi connectivity index (χ4n) is 4.44. The van der Waals surface area contributed by atoms with Crippen LogP contribution in [-0.2, 0) is 0 Å². The van der Waals surface area contributed by atoms with Crippen LogP contribution in [0.3, 0.4) is 0 Å². The van der Waals surface area contributed by atoms with Crippen molar-refractivity contribution in [2.24, 2.45) is 0 Å². The average Bonchev–Trinajstić information content (AvgIpc) is 3.11. The lowest BCUT2D eigenvalue weighted by molar-refractivity contribution is 0.253. The first-order chi connectivity index (χ1) is 14.6. The number of halogens is 1. The van der Waals surface area contributed by atoms with E-state index in [1.54, 1.807) is 12.1 Å². The van der Waals surface area contributed by atoms with Crippen LogP contribution in [0.15, 0.2) is 18.2 Å². The highest BCUT2D eigenvalue weighted by molar-refractivity contribution is 5.56. The van der Waals surface area contributed by atoms with Crippen LogP contribution in [0, 0.1) is 12.7 Å². The molecule has 2 heterocycles. The summed E-state index contributed by atoms with van der Waals surface area (Å²) in [5, 5.41) is 7.87. The predicted octanol–water partition coefficient (Wildman–Crippen LogP) is 4.61. The van der Waals surface area contributed by atoms with Gasteiger partial charge in [-0.25, -0.2) is 9.40 Å². The number of aromatic nitrogens is 3. The molecule has 0 atom stereocenters. The molecule has 1 aliphatic carbocycles. The maximum atomic E-state index is 14.1. The van der Waals surface area contributed by atoms with Crippen LogP contribution < -0.4 is 15.1 Å². The molecule has 8 heteroatoms. The van der Waals surface area contributed by atoms with Gasteiger partial charge in [0.1, 0.15) is 5.82 Å². The maximum absolute atomic E-state index is 14.1. The molecule has 30 heavy (non-hydrogen) atoms. The smallest absolute Gasteiger partial charge is 0.245 e. The van der Waals surface area contributed by atoms with Gasteiger partial charge in [-0.2, -0.15) is 15.0 Å². The Morgan fingerprint density at radius 2 is 1.77 bits per heavy atom. The molecule has 162 valence electrons. The molecule has 1 saturated heterocycles. The van der Waals surface area contributed by atoms with Gasteiger partial charge in [0.05, 0.1) is 7.11 Å². The Kier molecular flexibility index (Phi) is 6.62. The molecular formula is C22H31FN6O. The van der Waals surface area contributed by atoms with Crippen molar-refractivity contribution in [1.82, 2.24) is 20.0 Å². The van der Waals surface area contributed by atoms with E-state index in [-0.39, 0.29) is 5.75 Å². The van der Waals surface area contributed by atoms with Crippen LogP contribution in [0.2, 0.25) is 0 Å². The number of aryl methyl sites for hydroxylation is 1. The molecular weight excluding hydrogens is 383 g/mol. The van der Waals surface area contributed by atoms with Crippen LogP contribution in [0.25, 0.3) is 0 Å². The molecule has 2 aliphatic rings. The third-order valence-electron chi connectivity index (χ3n) is 5.91. The molecule has 0 bridgehead atoms. The van der Waals surface area contributed by atoms with Crippen LogP contribution in [0.4, 0.5) is 22.0 Å². The zero-order valence-electron chi connectivity index (χ0n) is 17.9. The summed E-state index contributed by atoms with van der Waals surface area (Å²) in [6.45, 7) is 3.95. The summed E-state index contributed by atoms with van der Waals surface area (Å²) in [6, 6.07) is 5.15. The average molecular weight is 415 g/mol. The number of anilines is 3. The van der Waals surface area contributed by atoms with Gasteiger partial charge in [-0.05, 0) is 44.7 Å². The van der Waals surface area contributed by atoms with Crippen LogP contribution >= 0.6 is 0 Å². The normalized spacial score (nSPS) is 18.2. The number of methoxy groups -OCH3 is 1. The van der Waals surface area contributed by atoms with E-state index in [0.717, 1.165) is 25.9 Å². The van der Waals surface area contributed by atoms with Crippen LogP contribution in [0.1, 0.15) is 57.2 Å². The molecule has 7 nitrogen and oxygen atoms in total. The number of nitrogens with one attached hydrogen (secondary N) is 1. The number of benzene rings is 1. The minimum absolute atomic E-state index is 0.210. The third kappa shape index (κ3) is 4.80. The Morgan fingerprint density at radius 3 is 2.43 bits per heavy atom. The first-order valence-electron chi connectivity index (χ1n) is 11.0. The molecule has 1 aromatic carbocycles. The lowest BCUT2D eigenvalue weighted by Gasteiger charge is -2.38. The van der Waals surface area contributed by atoms with E-state index in [0.29, 0.717) is 29.5 Å². The molecule has 0 unspecified atom stereocenters. The minimum Gasteiger partial charge on any atom is -0.494 e. The van der Waals surface area contributed by atoms with Gasteiger partial charge in [0.25, 0.3) is 0 Å². The second-order valence-corrected chi connectivity index (χ2v) is 8.13. The second-order valence-electron chi connectivity index (χ2n) is 8.13. The highest BCUT2D eigenvalue weighted by Crippen LogP contribution is 2.29. The third-order valence-corrected chi connectivity index (χ3v) is 5.91. The van der Waals surface area contributed by atoms with E-state index in [4.69, 9.17) is 14.7 Å². The van der Waals surface area contributed by atoms with Gasteiger partial charge >= 0.3 is 0 Å². The zero-order valence-corrected chi connectivity index (χ0v) is 17.9. The monoisotopic (exact) mass is 414 g/mol. The van der Waals surface area contributed by atoms with E-state index in [9.17, 15) is 4.39 Å². The van der Waals surface area contributed by atoms with E-state index in [1.165, 1.54) is 51.7 Å². The number of hydrazine groups is 1. The number of hydrogen-bond acceptors (Lipinski definition) is 7. The summed E-state index contributed by atoms with van der Waals surface area (Å²) in [5.41, 5.74) is 0.576. The number of rotatable bonds is 6. The Morgan fingerprint density at radius 1 is 1.03 bits per heavy atom. The van der Waals surface area contributed by atoms with Gasteiger partial charge in [0.2, 0.25) is 11.9 Å². The maximum Gasteiger partial charge on any atom is 0.245 e. The highest BCUT2D eigenvalue weighted by atomic mass is 19.1. The Labute approximate surface area is 177 Å². The topological polar surface area (TPSA) is 66.4 Å². The minimum atomic E-state index is -0.425. The lowest BCUT2D eigenvalue weighted by Crippen LogP contribution is -2.48. The molecule has 4 rings (SSSR count). The Bertz CT molecular complexity index is 850. The lowest BCUT2D eigenvalue weighted by atomic mass is 10.1. The summed E-state index contributed by atoms with van der Waals surface area (Å²) in [4.78, 5) is 13.9. The van der Waals surface area contributed by atoms with Gasteiger partial charge in [-0.1, -0.05) is 25.7 Å². The molecule has 1 N–H and O–H groups in total. The van der Waals surface area contributed by atoms with E-state index < -0.39 is 5.82 Å². The van der Waals surface area contributed by atoms with Crippen molar-refractivity contribution in [2.75, 3.05) is 30.5 Å². The first-order valence-corrected chi connectivity index (χ1v) is 11.0. The van der Waals surface area contributed by atoms with E-state index >= 15 is 0 Å². The van der Waals surface area contributed by atoms with Crippen molar-refractivity contribution in [3.05, 3.63) is 29.8 Å². The molecule has 0 spiro atoms. The van der Waals surface area contributed by atoms with Gasteiger partial charge in [0.15, 0.2) is 11.6 Å². The first kappa shape index (κ1) is 20.8. The molecule has 2 aromatic rings. The van der Waals surface area contributed by atoms with Crippen LogP contribution in [0.5, 0.6) is 5.75 Å². The molecule has 2 fully saturated rings. The SMILES string of the molecule is COc1ccc(Nc2nc(C)nc(N(C3CCCCCC3)N3CCCC3)n2)cc1F. The van der Waals surface area contributed by atoms with Crippen molar-refractivity contribution < 1.29 is 9.13 Å². The van der Waals surface area contributed by atoms with Crippen molar-refractivity contribution in [1.29, 1.82) is 0 Å². The van der Waals surface area contributed by atoms with Crippen LogP contribution in [-0.4, -0.2) is 46.2 Å². The highest BCUT2D eigenvalue weighted by Gasteiger charge is 2.30. The van der Waals surface area contributed by atoms with Crippen molar-refractivity contribution in [2.45, 2.75) is 64.3 Å². The molecule has 1 aliphatic heterocycles. The quantitative estimate of drug-likeness (QED) is 0.692. The molecule has 1 saturated carbocycles. The summed E-state index contributed by atoms with van der Waals surface area (Å²) >= 11 is 0. The fourth-order valence-corrected chi connectivity index (χ4v) is 4.44. The summed E-state index contributed by atoms with van der Waals surface area (Å²) in [7, 11) is 1.45. The number of hydrogen-bond donors (Lipinski definition) is 1. The second kappa shape index (κ2) is 9.55. The van der Waals surface area contributed by atoms with E-state index in [1.807, 2.05) is 6.92 Å². The molecule has 1 aromatic heterocycles.